The van der Waals surface area contributed by atoms with Gasteiger partial charge >= 0.3 is 0 Å². The second kappa shape index (κ2) is 7.21. The van der Waals surface area contributed by atoms with Gasteiger partial charge in [0.05, 0.1) is 12.2 Å². The lowest BCUT2D eigenvalue weighted by Crippen LogP contribution is -2.37. The lowest BCUT2D eigenvalue weighted by Gasteiger charge is -2.33. The summed E-state index contributed by atoms with van der Waals surface area (Å²) in [7, 11) is 0. The number of benzene rings is 1. The summed E-state index contributed by atoms with van der Waals surface area (Å²) in [6, 6.07) is 8.11. The maximum atomic E-state index is 10.2. The van der Waals surface area contributed by atoms with Gasteiger partial charge in [-0.3, -0.25) is 0 Å². The molecule has 1 saturated heterocycles. The maximum Gasteiger partial charge on any atom is 0.0802 e. The Morgan fingerprint density at radius 2 is 1.95 bits per heavy atom. The minimum atomic E-state index is -0.371. The van der Waals surface area contributed by atoms with E-state index in [1.807, 2.05) is 19.1 Å². The topological polar surface area (TPSA) is 43.7 Å². The average Bonchev–Trinajstić information content (AvgIpc) is 2.45. The zero-order valence-electron chi connectivity index (χ0n) is 12.6. The van der Waals surface area contributed by atoms with E-state index in [2.05, 4.69) is 24.0 Å². The summed E-state index contributed by atoms with van der Waals surface area (Å²) in [5, 5.41) is 19.8. The van der Waals surface area contributed by atoms with Gasteiger partial charge in [-0.05, 0) is 57.7 Å². The summed E-state index contributed by atoms with van der Waals surface area (Å²) in [6.45, 7) is 6.95. The molecular weight excluding hydrogens is 250 g/mol. The summed E-state index contributed by atoms with van der Waals surface area (Å²) < 4.78 is 0. The molecule has 0 aromatic heterocycles. The van der Waals surface area contributed by atoms with E-state index in [9.17, 15) is 10.2 Å². The third kappa shape index (κ3) is 4.30. The van der Waals surface area contributed by atoms with Gasteiger partial charge in [0.2, 0.25) is 0 Å². The van der Waals surface area contributed by atoms with Crippen molar-refractivity contribution in [3.63, 3.8) is 0 Å². The van der Waals surface area contributed by atoms with E-state index in [0.717, 1.165) is 44.5 Å². The van der Waals surface area contributed by atoms with E-state index in [0.29, 0.717) is 5.92 Å². The highest BCUT2D eigenvalue weighted by molar-refractivity contribution is 5.23. The van der Waals surface area contributed by atoms with Gasteiger partial charge < -0.3 is 15.1 Å². The van der Waals surface area contributed by atoms with Crippen LogP contribution >= 0.6 is 0 Å². The molecular formula is C17H27NO2. The molecule has 2 rings (SSSR count). The summed E-state index contributed by atoms with van der Waals surface area (Å²) in [5.41, 5.74) is 2.21. The summed E-state index contributed by atoms with van der Waals surface area (Å²) in [5.74, 6) is 0.452. The van der Waals surface area contributed by atoms with Crippen LogP contribution in [0.2, 0.25) is 0 Å². The van der Waals surface area contributed by atoms with Gasteiger partial charge in [-0.25, -0.2) is 0 Å². The Morgan fingerprint density at radius 1 is 1.25 bits per heavy atom. The first-order valence-electron chi connectivity index (χ1n) is 7.71. The zero-order valence-corrected chi connectivity index (χ0v) is 12.6. The van der Waals surface area contributed by atoms with Gasteiger partial charge in [0.25, 0.3) is 0 Å². The van der Waals surface area contributed by atoms with Gasteiger partial charge in [0.1, 0.15) is 0 Å². The van der Waals surface area contributed by atoms with Crippen LogP contribution in [-0.4, -0.2) is 40.9 Å². The van der Waals surface area contributed by atoms with Gasteiger partial charge in [-0.15, -0.1) is 0 Å². The van der Waals surface area contributed by atoms with E-state index in [4.69, 9.17) is 0 Å². The number of hydrogen-bond donors (Lipinski definition) is 2. The van der Waals surface area contributed by atoms with E-state index in [-0.39, 0.29) is 12.2 Å². The number of rotatable bonds is 5. The highest BCUT2D eigenvalue weighted by Crippen LogP contribution is 2.23. The molecule has 3 nitrogen and oxygen atoms in total. The first-order chi connectivity index (χ1) is 9.56. The molecule has 2 atom stereocenters. The van der Waals surface area contributed by atoms with Crippen LogP contribution in [0.15, 0.2) is 24.3 Å². The first-order valence-corrected chi connectivity index (χ1v) is 7.71. The van der Waals surface area contributed by atoms with Crippen molar-refractivity contribution in [2.24, 2.45) is 5.92 Å². The molecule has 0 spiro atoms. The van der Waals surface area contributed by atoms with Gasteiger partial charge in [0, 0.05) is 6.54 Å². The fourth-order valence-electron chi connectivity index (χ4n) is 3.01. The molecule has 112 valence electrons. The Balaban J connectivity index is 1.76. The van der Waals surface area contributed by atoms with Crippen molar-refractivity contribution in [2.75, 3.05) is 19.6 Å². The Hall–Kier alpha value is -0.900. The highest BCUT2D eigenvalue weighted by Gasteiger charge is 2.22. The monoisotopic (exact) mass is 277 g/mol. The molecule has 1 aliphatic rings. The van der Waals surface area contributed by atoms with Crippen molar-refractivity contribution in [3.8, 4) is 0 Å². The van der Waals surface area contributed by atoms with E-state index >= 15 is 0 Å². The van der Waals surface area contributed by atoms with Gasteiger partial charge in [-0.2, -0.15) is 0 Å². The third-order valence-corrected chi connectivity index (χ3v) is 4.46. The number of piperidine rings is 1. The van der Waals surface area contributed by atoms with Crippen LogP contribution in [0.25, 0.3) is 0 Å². The lowest BCUT2D eigenvalue weighted by atomic mass is 9.92. The normalized spacial score (nSPS) is 20.8. The molecule has 1 aliphatic heterocycles. The van der Waals surface area contributed by atoms with E-state index in [1.54, 1.807) is 0 Å². The maximum absolute atomic E-state index is 10.2. The van der Waals surface area contributed by atoms with Crippen molar-refractivity contribution >= 4 is 0 Å². The van der Waals surface area contributed by atoms with E-state index < -0.39 is 0 Å². The number of nitrogens with zero attached hydrogens (tertiary/aromatic N) is 1. The number of hydrogen-bond acceptors (Lipinski definition) is 3. The molecule has 3 heteroatoms. The molecule has 20 heavy (non-hydrogen) atoms. The predicted molar refractivity (Wildman–Crippen MR) is 81.6 cm³/mol. The first kappa shape index (κ1) is 15.5. The fraction of sp³-hybridized carbons (Fsp3) is 0.647. The lowest BCUT2D eigenvalue weighted by molar-refractivity contribution is 0.0641. The van der Waals surface area contributed by atoms with Crippen LogP contribution in [0, 0.1) is 12.8 Å². The standard InChI is InChI=1S/C17H27NO2/c1-13-4-3-5-16(12-13)17(20)8-11-18-9-6-15(7-10-18)14(2)19/h3-5,12,14-15,17,19-20H,6-11H2,1-2H3. The van der Waals surface area contributed by atoms with Crippen molar-refractivity contribution in [1.82, 2.24) is 4.90 Å². The van der Waals surface area contributed by atoms with Gasteiger partial charge in [-0.1, -0.05) is 29.8 Å². The minimum absolute atomic E-state index is 0.185. The highest BCUT2D eigenvalue weighted by atomic mass is 16.3. The minimum Gasteiger partial charge on any atom is -0.393 e. The Bertz CT molecular complexity index is 411. The molecule has 2 unspecified atom stereocenters. The number of likely N-dealkylation sites (tertiary alicyclic amines) is 1. The average molecular weight is 277 g/mol. The largest absolute Gasteiger partial charge is 0.393 e. The van der Waals surface area contributed by atoms with Crippen molar-refractivity contribution < 1.29 is 10.2 Å². The van der Waals surface area contributed by atoms with Crippen LogP contribution in [-0.2, 0) is 0 Å². The molecule has 0 saturated carbocycles. The Labute approximate surface area is 122 Å². The smallest absolute Gasteiger partial charge is 0.0802 e. The van der Waals surface area contributed by atoms with Crippen LogP contribution < -0.4 is 0 Å². The van der Waals surface area contributed by atoms with Crippen molar-refractivity contribution in [2.45, 2.75) is 45.3 Å². The Morgan fingerprint density at radius 3 is 2.55 bits per heavy atom. The number of aryl methyl sites for hydroxylation is 1. The van der Waals surface area contributed by atoms with Crippen molar-refractivity contribution in [3.05, 3.63) is 35.4 Å². The van der Waals surface area contributed by atoms with Crippen LogP contribution in [0.5, 0.6) is 0 Å². The molecule has 1 heterocycles. The summed E-state index contributed by atoms with van der Waals surface area (Å²) in [6.07, 6.45) is 2.36. The Kier molecular flexibility index (Phi) is 5.58. The number of aliphatic hydroxyl groups is 2. The van der Waals surface area contributed by atoms with Crippen LogP contribution in [0.4, 0.5) is 0 Å². The summed E-state index contributed by atoms with van der Waals surface area (Å²) in [4.78, 5) is 2.40. The third-order valence-electron chi connectivity index (χ3n) is 4.46. The SMILES string of the molecule is Cc1cccc(C(O)CCN2CCC(C(C)O)CC2)c1. The molecule has 0 radical (unpaired) electrons. The molecule has 1 aromatic carbocycles. The van der Waals surface area contributed by atoms with E-state index in [1.165, 1.54) is 5.56 Å². The number of aliphatic hydroxyl groups excluding tert-OH is 2. The second-order valence-corrected chi connectivity index (χ2v) is 6.14. The predicted octanol–water partition coefficient (Wildman–Crippen LogP) is 2.51. The zero-order chi connectivity index (χ0) is 14.5. The molecule has 1 aromatic rings. The summed E-state index contributed by atoms with van der Waals surface area (Å²) >= 11 is 0. The van der Waals surface area contributed by atoms with Crippen LogP contribution in [0.1, 0.15) is 43.4 Å². The fourth-order valence-corrected chi connectivity index (χ4v) is 3.01. The van der Waals surface area contributed by atoms with Crippen molar-refractivity contribution in [1.29, 1.82) is 0 Å². The molecule has 1 fully saturated rings. The van der Waals surface area contributed by atoms with Gasteiger partial charge in [0.15, 0.2) is 0 Å². The van der Waals surface area contributed by atoms with Crippen LogP contribution in [0.3, 0.4) is 0 Å². The second-order valence-electron chi connectivity index (χ2n) is 6.14. The molecule has 0 amide bonds. The quantitative estimate of drug-likeness (QED) is 0.869. The molecule has 0 bridgehead atoms. The molecule has 0 aliphatic carbocycles. The molecule has 2 N–H and O–H groups in total.